The van der Waals surface area contributed by atoms with Gasteiger partial charge in [-0.05, 0) is 6.07 Å². The topological polar surface area (TPSA) is 106 Å². The molecule has 0 aliphatic carbocycles. The maximum Gasteiger partial charge on any atom is 0.326 e. The standard InChI is InChI=1S/C8H10N2O4/c9-6(11)4-5(8(12)13)10-7-2-1-3-14-7/h1-3,5,10H,4H2,(H2,9,11)(H,12,13). The van der Waals surface area contributed by atoms with E-state index in [-0.39, 0.29) is 6.42 Å². The largest absolute Gasteiger partial charge is 0.480 e. The van der Waals surface area contributed by atoms with Gasteiger partial charge in [0.2, 0.25) is 5.91 Å². The number of carbonyl (C=O) groups excluding carboxylic acids is 1. The molecule has 0 aliphatic rings. The highest BCUT2D eigenvalue weighted by Crippen LogP contribution is 2.09. The fourth-order valence-electron chi connectivity index (χ4n) is 0.934. The second-order valence-electron chi connectivity index (χ2n) is 2.68. The van der Waals surface area contributed by atoms with Crippen molar-refractivity contribution in [1.29, 1.82) is 0 Å². The molecule has 1 aromatic heterocycles. The first-order valence-corrected chi connectivity index (χ1v) is 3.90. The monoisotopic (exact) mass is 198 g/mol. The van der Waals surface area contributed by atoms with Crippen LogP contribution in [-0.4, -0.2) is 23.0 Å². The molecule has 0 saturated carbocycles. The normalized spacial score (nSPS) is 12.0. The van der Waals surface area contributed by atoms with E-state index in [2.05, 4.69) is 5.32 Å². The number of furan rings is 1. The van der Waals surface area contributed by atoms with Crippen LogP contribution in [0.5, 0.6) is 0 Å². The fourth-order valence-corrected chi connectivity index (χ4v) is 0.934. The minimum atomic E-state index is -1.15. The van der Waals surface area contributed by atoms with E-state index in [0.29, 0.717) is 5.88 Å². The number of carboxylic acids is 1. The molecule has 0 radical (unpaired) electrons. The van der Waals surface area contributed by atoms with Crippen LogP contribution in [0.1, 0.15) is 6.42 Å². The Kier molecular flexibility index (Phi) is 3.11. The van der Waals surface area contributed by atoms with Crippen LogP contribution < -0.4 is 11.1 Å². The van der Waals surface area contributed by atoms with Crippen molar-refractivity contribution in [3.63, 3.8) is 0 Å². The van der Waals surface area contributed by atoms with Gasteiger partial charge in [0.25, 0.3) is 0 Å². The number of anilines is 1. The molecule has 0 bridgehead atoms. The van der Waals surface area contributed by atoms with Gasteiger partial charge in [-0.1, -0.05) is 0 Å². The lowest BCUT2D eigenvalue weighted by atomic mass is 10.2. The second kappa shape index (κ2) is 4.31. The van der Waals surface area contributed by atoms with Crippen molar-refractivity contribution in [3.05, 3.63) is 18.4 Å². The summed E-state index contributed by atoms with van der Waals surface area (Å²) in [5.41, 5.74) is 4.89. The number of carboxylic acid groups (broad SMARTS) is 1. The molecule has 0 aliphatic heterocycles. The van der Waals surface area contributed by atoms with E-state index in [4.69, 9.17) is 15.3 Å². The Balaban J connectivity index is 2.60. The number of nitrogens with one attached hydrogen (secondary N) is 1. The molecule has 0 spiro atoms. The highest BCUT2D eigenvalue weighted by atomic mass is 16.4. The van der Waals surface area contributed by atoms with Gasteiger partial charge < -0.3 is 20.6 Å². The minimum absolute atomic E-state index is 0.282. The van der Waals surface area contributed by atoms with Gasteiger partial charge in [0.1, 0.15) is 6.04 Å². The molecule has 1 amide bonds. The lowest BCUT2D eigenvalue weighted by Crippen LogP contribution is -2.33. The molecule has 6 heteroatoms. The lowest BCUT2D eigenvalue weighted by Gasteiger charge is -2.10. The Hall–Kier alpha value is -1.98. The number of carbonyl (C=O) groups is 2. The predicted octanol–water partition coefficient (Wildman–Crippen LogP) is 0.0201. The Labute approximate surface area is 79.7 Å². The molecule has 76 valence electrons. The first-order valence-electron chi connectivity index (χ1n) is 3.90. The first kappa shape index (κ1) is 10.1. The van der Waals surface area contributed by atoms with Crippen LogP contribution in [0, 0.1) is 0 Å². The third-order valence-corrected chi connectivity index (χ3v) is 1.54. The first-order chi connectivity index (χ1) is 6.59. The Morgan fingerprint density at radius 2 is 2.36 bits per heavy atom. The zero-order valence-electron chi connectivity index (χ0n) is 7.27. The zero-order valence-corrected chi connectivity index (χ0v) is 7.27. The van der Waals surface area contributed by atoms with Crippen LogP contribution in [0.2, 0.25) is 0 Å². The van der Waals surface area contributed by atoms with Crippen molar-refractivity contribution in [2.24, 2.45) is 5.73 Å². The number of amides is 1. The minimum Gasteiger partial charge on any atom is -0.480 e. The third kappa shape index (κ3) is 2.81. The van der Waals surface area contributed by atoms with E-state index in [1.165, 1.54) is 6.26 Å². The van der Waals surface area contributed by atoms with Gasteiger partial charge in [0, 0.05) is 6.07 Å². The number of primary amides is 1. The molecule has 6 nitrogen and oxygen atoms in total. The van der Waals surface area contributed by atoms with Gasteiger partial charge in [-0.2, -0.15) is 0 Å². The summed E-state index contributed by atoms with van der Waals surface area (Å²) < 4.78 is 4.87. The molecule has 1 aromatic rings. The maximum atomic E-state index is 10.6. The zero-order chi connectivity index (χ0) is 10.6. The number of aliphatic carboxylic acids is 1. The summed E-state index contributed by atoms with van der Waals surface area (Å²) in [5, 5.41) is 11.2. The van der Waals surface area contributed by atoms with Crippen LogP contribution in [0.15, 0.2) is 22.8 Å². The van der Waals surface area contributed by atoms with Gasteiger partial charge in [0.15, 0.2) is 5.88 Å². The molecule has 4 N–H and O–H groups in total. The van der Waals surface area contributed by atoms with Crippen molar-refractivity contribution in [2.45, 2.75) is 12.5 Å². The van der Waals surface area contributed by atoms with Crippen LogP contribution in [0.25, 0.3) is 0 Å². The quantitative estimate of drug-likeness (QED) is 0.618. The van der Waals surface area contributed by atoms with Crippen LogP contribution >= 0.6 is 0 Å². The molecule has 0 fully saturated rings. The Morgan fingerprint density at radius 3 is 2.79 bits per heavy atom. The average Bonchev–Trinajstić information content (AvgIpc) is 2.54. The molecular formula is C8H10N2O4. The van der Waals surface area contributed by atoms with Gasteiger partial charge in [-0.3, -0.25) is 4.79 Å². The highest BCUT2D eigenvalue weighted by Gasteiger charge is 2.20. The maximum absolute atomic E-state index is 10.6. The summed E-state index contributed by atoms with van der Waals surface area (Å²) in [5.74, 6) is -1.55. The summed E-state index contributed by atoms with van der Waals surface area (Å²) in [7, 11) is 0. The molecule has 1 atom stereocenters. The molecule has 1 heterocycles. The van der Waals surface area contributed by atoms with E-state index >= 15 is 0 Å². The van der Waals surface area contributed by atoms with Crippen molar-refractivity contribution in [2.75, 3.05) is 5.32 Å². The molecule has 1 unspecified atom stereocenters. The summed E-state index contributed by atoms with van der Waals surface area (Å²) in [6.07, 6.45) is 1.11. The number of nitrogens with two attached hydrogens (primary N) is 1. The molecule has 0 saturated heterocycles. The van der Waals surface area contributed by atoms with Crippen molar-refractivity contribution in [1.82, 2.24) is 0 Å². The van der Waals surface area contributed by atoms with Crippen LogP contribution in [0.4, 0.5) is 5.88 Å². The lowest BCUT2D eigenvalue weighted by molar-refractivity contribution is -0.139. The second-order valence-corrected chi connectivity index (χ2v) is 2.68. The summed E-state index contributed by atoms with van der Waals surface area (Å²) in [4.78, 5) is 21.2. The predicted molar refractivity (Wildman–Crippen MR) is 47.6 cm³/mol. The third-order valence-electron chi connectivity index (χ3n) is 1.54. The smallest absolute Gasteiger partial charge is 0.326 e. The van der Waals surface area contributed by atoms with E-state index in [0.717, 1.165) is 0 Å². The van der Waals surface area contributed by atoms with Crippen molar-refractivity contribution >= 4 is 17.8 Å². The Morgan fingerprint density at radius 1 is 1.64 bits per heavy atom. The summed E-state index contributed by atoms with van der Waals surface area (Å²) in [6.45, 7) is 0. The van der Waals surface area contributed by atoms with Gasteiger partial charge >= 0.3 is 5.97 Å². The Bertz CT molecular complexity index is 320. The van der Waals surface area contributed by atoms with Gasteiger partial charge in [-0.15, -0.1) is 0 Å². The summed E-state index contributed by atoms with van der Waals surface area (Å²) in [6, 6.07) is 2.10. The molecule has 1 rings (SSSR count). The molecular weight excluding hydrogens is 188 g/mol. The van der Waals surface area contributed by atoms with E-state index in [1.807, 2.05) is 0 Å². The van der Waals surface area contributed by atoms with E-state index in [9.17, 15) is 9.59 Å². The number of rotatable bonds is 5. The van der Waals surface area contributed by atoms with Crippen LogP contribution in [0.3, 0.4) is 0 Å². The van der Waals surface area contributed by atoms with E-state index < -0.39 is 17.9 Å². The molecule has 14 heavy (non-hydrogen) atoms. The summed E-state index contributed by atoms with van der Waals surface area (Å²) >= 11 is 0. The number of hydrogen-bond acceptors (Lipinski definition) is 4. The van der Waals surface area contributed by atoms with E-state index in [1.54, 1.807) is 12.1 Å². The van der Waals surface area contributed by atoms with Crippen LogP contribution in [-0.2, 0) is 9.59 Å². The number of hydrogen-bond donors (Lipinski definition) is 3. The molecule has 0 aromatic carbocycles. The van der Waals surface area contributed by atoms with Crippen molar-refractivity contribution < 1.29 is 19.1 Å². The average molecular weight is 198 g/mol. The van der Waals surface area contributed by atoms with Crippen molar-refractivity contribution in [3.8, 4) is 0 Å². The highest BCUT2D eigenvalue weighted by molar-refractivity contribution is 5.85. The van der Waals surface area contributed by atoms with Gasteiger partial charge in [0.05, 0.1) is 12.7 Å². The van der Waals surface area contributed by atoms with Gasteiger partial charge in [-0.25, -0.2) is 4.79 Å². The SMILES string of the molecule is NC(=O)CC(Nc1ccco1)C(=O)O. The fraction of sp³-hybridized carbons (Fsp3) is 0.250.